The van der Waals surface area contributed by atoms with Crippen LogP contribution in [0.25, 0.3) is 0 Å². The maximum Gasteiger partial charge on any atom is 0.142 e. The fourth-order valence-corrected chi connectivity index (χ4v) is 1.65. The van der Waals surface area contributed by atoms with Gasteiger partial charge in [0.2, 0.25) is 0 Å². The summed E-state index contributed by atoms with van der Waals surface area (Å²) in [5.41, 5.74) is 2.51. The van der Waals surface area contributed by atoms with Crippen molar-refractivity contribution < 1.29 is 4.74 Å². The smallest absolute Gasteiger partial charge is 0.142 e. The van der Waals surface area contributed by atoms with Gasteiger partial charge in [-0.1, -0.05) is 19.9 Å². The summed E-state index contributed by atoms with van der Waals surface area (Å²) in [5.74, 6) is 1.57. The van der Waals surface area contributed by atoms with Gasteiger partial charge in [-0.2, -0.15) is 0 Å². The molecule has 0 aliphatic carbocycles. The van der Waals surface area contributed by atoms with Gasteiger partial charge in [0.15, 0.2) is 0 Å². The van der Waals surface area contributed by atoms with Crippen LogP contribution in [0.1, 0.15) is 31.7 Å². The van der Waals surface area contributed by atoms with Crippen LogP contribution in [0, 0.1) is 0 Å². The molecule has 1 aromatic rings. The van der Waals surface area contributed by atoms with Crippen LogP contribution in [-0.4, -0.2) is 13.2 Å². The average Bonchev–Trinajstić information content (AvgIpc) is 2.41. The van der Waals surface area contributed by atoms with E-state index < -0.39 is 0 Å². The second-order valence-electron chi connectivity index (χ2n) is 4.04. The van der Waals surface area contributed by atoms with Gasteiger partial charge in [-0.25, -0.2) is 0 Å². The molecule has 0 saturated heterocycles. The Morgan fingerprint density at radius 1 is 1.36 bits per heavy atom. The summed E-state index contributed by atoms with van der Waals surface area (Å²) in [6.45, 7) is 6.24. The first kappa shape index (κ1) is 9.38. The molecular weight excluding hydrogens is 174 g/mol. The summed E-state index contributed by atoms with van der Waals surface area (Å²) in [7, 11) is 0. The molecule has 76 valence electrons. The molecule has 0 amide bonds. The Hall–Kier alpha value is -1.18. The number of benzene rings is 1. The first-order chi connectivity index (χ1) is 6.77. The summed E-state index contributed by atoms with van der Waals surface area (Å²) in [5, 5.41) is 3.40. The lowest BCUT2D eigenvalue weighted by molar-refractivity contribution is 0.323. The number of hydrogen-bond donors (Lipinski definition) is 1. The summed E-state index contributed by atoms with van der Waals surface area (Å²) in [6.07, 6.45) is 1.08. The Morgan fingerprint density at radius 3 is 3.00 bits per heavy atom. The summed E-state index contributed by atoms with van der Waals surface area (Å²) < 4.78 is 5.62. The Balaban J connectivity index is 2.32. The molecule has 0 spiro atoms. The first-order valence-electron chi connectivity index (χ1n) is 5.28. The van der Waals surface area contributed by atoms with Crippen molar-refractivity contribution in [3.63, 3.8) is 0 Å². The minimum Gasteiger partial charge on any atom is -0.491 e. The van der Waals surface area contributed by atoms with Gasteiger partial charge in [0.25, 0.3) is 0 Å². The topological polar surface area (TPSA) is 21.3 Å². The molecule has 2 heteroatoms. The van der Waals surface area contributed by atoms with E-state index in [0.29, 0.717) is 5.92 Å². The lowest BCUT2D eigenvalue weighted by atomic mass is 10.0. The van der Waals surface area contributed by atoms with Gasteiger partial charge in [0.05, 0.1) is 12.3 Å². The van der Waals surface area contributed by atoms with Crippen LogP contribution in [0.4, 0.5) is 5.69 Å². The Morgan fingerprint density at radius 2 is 2.21 bits per heavy atom. The summed E-state index contributed by atoms with van der Waals surface area (Å²) in [6, 6.07) is 6.42. The molecule has 0 saturated carbocycles. The molecule has 0 bridgehead atoms. The Bertz CT molecular complexity index is 320. The first-order valence-corrected chi connectivity index (χ1v) is 5.28. The molecule has 1 heterocycles. The Kier molecular flexibility index (Phi) is 2.62. The van der Waals surface area contributed by atoms with E-state index in [4.69, 9.17) is 4.74 Å². The molecule has 0 radical (unpaired) electrons. The molecule has 14 heavy (non-hydrogen) atoms. The van der Waals surface area contributed by atoms with Gasteiger partial charge in [-0.05, 0) is 30.0 Å². The third-order valence-corrected chi connectivity index (χ3v) is 2.56. The SMILES string of the molecule is CC(C)c1ccc2c(c1)NCCCO2. The second-order valence-corrected chi connectivity index (χ2v) is 4.04. The molecule has 2 rings (SSSR count). The van der Waals surface area contributed by atoms with Crippen molar-refractivity contribution in [2.24, 2.45) is 0 Å². The van der Waals surface area contributed by atoms with Gasteiger partial charge in [-0.15, -0.1) is 0 Å². The summed E-state index contributed by atoms with van der Waals surface area (Å²) in [4.78, 5) is 0. The van der Waals surface area contributed by atoms with Crippen LogP contribution in [0.3, 0.4) is 0 Å². The molecule has 0 fully saturated rings. The molecule has 1 aromatic carbocycles. The van der Waals surface area contributed by atoms with E-state index in [9.17, 15) is 0 Å². The molecule has 1 aliphatic heterocycles. The maximum absolute atomic E-state index is 5.62. The van der Waals surface area contributed by atoms with Crippen molar-refractivity contribution in [3.8, 4) is 5.75 Å². The van der Waals surface area contributed by atoms with Crippen molar-refractivity contribution in [1.82, 2.24) is 0 Å². The van der Waals surface area contributed by atoms with Crippen LogP contribution in [-0.2, 0) is 0 Å². The standard InChI is InChI=1S/C12H17NO/c1-9(2)10-4-5-12-11(8-10)13-6-3-7-14-12/h4-5,8-9,13H,3,6-7H2,1-2H3. The van der Waals surface area contributed by atoms with E-state index in [2.05, 4.69) is 37.4 Å². The fraction of sp³-hybridized carbons (Fsp3) is 0.500. The van der Waals surface area contributed by atoms with Crippen LogP contribution < -0.4 is 10.1 Å². The maximum atomic E-state index is 5.62. The predicted molar refractivity (Wildman–Crippen MR) is 59.1 cm³/mol. The quantitative estimate of drug-likeness (QED) is 0.736. The predicted octanol–water partition coefficient (Wildman–Crippen LogP) is 3.00. The van der Waals surface area contributed by atoms with E-state index in [1.165, 1.54) is 5.56 Å². The van der Waals surface area contributed by atoms with Crippen molar-refractivity contribution in [2.45, 2.75) is 26.2 Å². The normalized spacial score (nSPS) is 15.4. The third-order valence-electron chi connectivity index (χ3n) is 2.56. The highest BCUT2D eigenvalue weighted by atomic mass is 16.5. The lowest BCUT2D eigenvalue weighted by Gasteiger charge is -2.11. The fourth-order valence-electron chi connectivity index (χ4n) is 1.65. The van der Waals surface area contributed by atoms with Crippen LogP contribution in [0.15, 0.2) is 18.2 Å². The van der Waals surface area contributed by atoms with Gasteiger partial charge >= 0.3 is 0 Å². The van der Waals surface area contributed by atoms with E-state index in [-0.39, 0.29) is 0 Å². The lowest BCUT2D eigenvalue weighted by Crippen LogP contribution is -2.00. The van der Waals surface area contributed by atoms with Crippen LogP contribution in [0.5, 0.6) is 5.75 Å². The molecule has 0 atom stereocenters. The molecule has 0 unspecified atom stereocenters. The molecule has 0 aromatic heterocycles. The Labute approximate surface area is 85.3 Å². The number of fused-ring (bicyclic) bond motifs is 1. The van der Waals surface area contributed by atoms with Gasteiger partial charge in [-0.3, -0.25) is 0 Å². The van der Waals surface area contributed by atoms with Crippen LogP contribution >= 0.6 is 0 Å². The average molecular weight is 191 g/mol. The third kappa shape index (κ3) is 1.84. The van der Waals surface area contributed by atoms with Gasteiger partial charge < -0.3 is 10.1 Å². The van der Waals surface area contributed by atoms with E-state index in [1.807, 2.05) is 0 Å². The summed E-state index contributed by atoms with van der Waals surface area (Å²) >= 11 is 0. The minimum absolute atomic E-state index is 0.574. The zero-order chi connectivity index (χ0) is 9.97. The zero-order valence-corrected chi connectivity index (χ0v) is 8.84. The molecule has 1 N–H and O–H groups in total. The van der Waals surface area contributed by atoms with E-state index in [0.717, 1.165) is 31.0 Å². The highest BCUT2D eigenvalue weighted by molar-refractivity contribution is 5.59. The minimum atomic E-state index is 0.574. The van der Waals surface area contributed by atoms with Gasteiger partial charge in [0, 0.05) is 6.54 Å². The molecule has 2 nitrogen and oxygen atoms in total. The van der Waals surface area contributed by atoms with Crippen molar-refractivity contribution in [2.75, 3.05) is 18.5 Å². The second kappa shape index (κ2) is 3.91. The van der Waals surface area contributed by atoms with E-state index in [1.54, 1.807) is 0 Å². The number of rotatable bonds is 1. The van der Waals surface area contributed by atoms with Crippen molar-refractivity contribution in [1.29, 1.82) is 0 Å². The number of anilines is 1. The highest BCUT2D eigenvalue weighted by Gasteiger charge is 2.09. The van der Waals surface area contributed by atoms with E-state index >= 15 is 0 Å². The van der Waals surface area contributed by atoms with Crippen molar-refractivity contribution in [3.05, 3.63) is 23.8 Å². The molecule has 1 aliphatic rings. The van der Waals surface area contributed by atoms with Gasteiger partial charge in [0.1, 0.15) is 5.75 Å². The number of nitrogens with one attached hydrogen (secondary N) is 1. The monoisotopic (exact) mass is 191 g/mol. The highest BCUT2D eigenvalue weighted by Crippen LogP contribution is 2.30. The van der Waals surface area contributed by atoms with Crippen LogP contribution in [0.2, 0.25) is 0 Å². The number of ether oxygens (including phenoxy) is 1. The largest absolute Gasteiger partial charge is 0.491 e. The zero-order valence-electron chi connectivity index (χ0n) is 8.84. The number of hydrogen-bond acceptors (Lipinski definition) is 2. The van der Waals surface area contributed by atoms with Crippen molar-refractivity contribution >= 4 is 5.69 Å². The molecular formula is C12H17NO.